The molecule has 0 bridgehead atoms. The smallest absolute Gasteiger partial charge is 0.0302 e. The topological polar surface area (TPSA) is 24.9 Å². The molecule has 1 aromatic carbocycles. The maximum Gasteiger partial charge on any atom is 0.0302 e. The minimum Gasteiger partial charge on any atom is -0.310 e. The van der Waals surface area contributed by atoms with Crippen LogP contribution in [-0.2, 0) is 6.54 Å². The third-order valence-corrected chi connectivity index (χ3v) is 3.98. The SMILES string of the molecule is C#Cc1cccc(CNC2CC(c3cccnc3)C2)c1. The molecular formula is C18H18N2. The number of nitrogens with one attached hydrogen (secondary N) is 1. The highest BCUT2D eigenvalue weighted by Crippen LogP contribution is 2.36. The van der Waals surface area contributed by atoms with Gasteiger partial charge in [0.2, 0.25) is 0 Å². The summed E-state index contributed by atoms with van der Waals surface area (Å²) < 4.78 is 0. The predicted molar refractivity (Wildman–Crippen MR) is 81.2 cm³/mol. The van der Waals surface area contributed by atoms with Gasteiger partial charge in [0.25, 0.3) is 0 Å². The zero-order chi connectivity index (χ0) is 13.8. The van der Waals surface area contributed by atoms with Crippen LogP contribution in [0.15, 0.2) is 48.8 Å². The van der Waals surface area contributed by atoms with Crippen LogP contribution in [0.5, 0.6) is 0 Å². The number of hydrogen-bond acceptors (Lipinski definition) is 2. The molecule has 1 fully saturated rings. The van der Waals surface area contributed by atoms with Gasteiger partial charge < -0.3 is 5.32 Å². The van der Waals surface area contributed by atoms with Crippen LogP contribution in [0, 0.1) is 12.3 Å². The van der Waals surface area contributed by atoms with Crippen molar-refractivity contribution in [3.63, 3.8) is 0 Å². The second kappa shape index (κ2) is 5.90. The second-order valence-electron chi connectivity index (χ2n) is 5.38. The van der Waals surface area contributed by atoms with E-state index in [1.54, 1.807) is 0 Å². The fourth-order valence-electron chi connectivity index (χ4n) is 2.71. The molecule has 2 aromatic rings. The Labute approximate surface area is 120 Å². The molecule has 2 nitrogen and oxygen atoms in total. The van der Waals surface area contributed by atoms with Crippen molar-refractivity contribution >= 4 is 0 Å². The van der Waals surface area contributed by atoms with Crippen LogP contribution >= 0.6 is 0 Å². The number of terminal acetylenes is 1. The third-order valence-electron chi connectivity index (χ3n) is 3.98. The number of pyridine rings is 1. The first-order chi connectivity index (χ1) is 9.85. The average molecular weight is 262 g/mol. The standard InChI is InChI=1S/C18H18N2/c1-2-14-5-3-6-15(9-14)12-20-18-10-17(11-18)16-7-4-8-19-13-16/h1,3-9,13,17-18,20H,10-12H2. The van der Waals surface area contributed by atoms with Crippen molar-refractivity contribution in [2.24, 2.45) is 0 Å². The summed E-state index contributed by atoms with van der Waals surface area (Å²) in [5.74, 6) is 3.34. The molecule has 1 aliphatic rings. The lowest BCUT2D eigenvalue weighted by atomic mass is 9.76. The van der Waals surface area contributed by atoms with E-state index in [-0.39, 0.29) is 0 Å². The van der Waals surface area contributed by atoms with Gasteiger partial charge in [-0.2, -0.15) is 0 Å². The van der Waals surface area contributed by atoms with Gasteiger partial charge in [0.15, 0.2) is 0 Å². The van der Waals surface area contributed by atoms with Crippen LogP contribution in [0.25, 0.3) is 0 Å². The molecule has 1 heterocycles. The first-order valence-corrected chi connectivity index (χ1v) is 7.04. The van der Waals surface area contributed by atoms with E-state index in [0.717, 1.165) is 12.1 Å². The van der Waals surface area contributed by atoms with Crippen LogP contribution in [0.2, 0.25) is 0 Å². The Morgan fingerprint density at radius 2 is 2.15 bits per heavy atom. The third kappa shape index (κ3) is 2.89. The highest BCUT2D eigenvalue weighted by atomic mass is 14.9. The van der Waals surface area contributed by atoms with Crippen molar-refractivity contribution in [3.05, 3.63) is 65.5 Å². The van der Waals surface area contributed by atoms with Crippen molar-refractivity contribution in [2.45, 2.75) is 31.3 Å². The molecule has 1 aliphatic carbocycles. The summed E-state index contributed by atoms with van der Waals surface area (Å²) in [4.78, 5) is 4.19. The Hall–Kier alpha value is -2.11. The molecule has 0 saturated heterocycles. The molecule has 20 heavy (non-hydrogen) atoms. The zero-order valence-electron chi connectivity index (χ0n) is 11.4. The molecule has 0 spiro atoms. The molecule has 3 rings (SSSR count). The second-order valence-corrected chi connectivity index (χ2v) is 5.38. The molecule has 1 aromatic heterocycles. The zero-order valence-corrected chi connectivity index (χ0v) is 11.4. The molecule has 0 aliphatic heterocycles. The molecule has 2 heteroatoms. The van der Waals surface area contributed by atoms with Crippen molar-refractivity contribution < 1.29 is 0 Å². The maximum absolute atomic E-state index is 5.42. The lowest BCUT2D eigenvalue weighted by Crippen LogP contribution is -2.39. The van der Waals surface area contributed by atoms with Crippen LogP contribution < -0.4 is 5.32 Å². The Balaban J connectivity index is 1.49. The van der Waals surface area contributed by atoms with Gasteiger partial charge in [0, 0.05) is 30.5 Å². The Morgan fingerprint density at radius 1 is 1.25 bits per heavy atom. The minimum atomic E-state index is 0.606. The number of benzene rings is 1. The van der Waals surface area contributed by atoms with Crippen molar-refractivity contribution in [2.75, 3.05) is 0 Å². The van der Waals surface area contributed by atoms with Crippen LogP contribution in [-0.4, -0.2) is 11.0 Å². The molecule has 1 N–H and O–H groups in total. The summed E-state index contributed by atoms with van der Waals surface area (Å²) in [6, 6.07) is 13.0. The van der Waals surface area contributed by atoms with E-state index in [9.17, 15) is 0 Å². The highest BCUT2D eigenvalue weighted by Gasteiger charge is 2.29. The fourth-order valence-corrected chi connectivity index (χ4v) is 2.71. The Morgan fingerprint density at radius 3 is 2.90 bits per heavy atom. The molecule has 100 valence electrons. The van der Waals surface area contributed by atoms with E-state index in [1.165, 1.54) is 24.0 Å². The number of hydrogen-bond donors (Lipinski definition) is 1. The number of rotatable bonds is 4. The van der Waals surface area contributed by atoms with Gasteiger partial charge in [0.05, 0.1) is 0 Å². The maximum atomic E-state index is 5.42. The molecule has 0 amide bonds. The number of nitrogens with zero attached hydrogens (tertiary/aromatic N) is 1. The predicted octanol–water partition coefficient (Wildman–Crippen LogP) is 3.10. The van der Waals surface area contributed by atoms with Crippen molar-refractivity contribution in [1.29, 1.82) is 0 Å². The molecule has 0 atom stereocenters. The van der Waals surface area contributed by atoms with Gasteiger partial charge >= 0.3 is 0 Å². The molecule has 0 unspecified atom stereocenters. The first-order valence-electron chi connectivity index (χ1n) is 7.04. The van der Waals surface area contributed by atoms with Crippen LogP contribution in [0.4, 0.5) is 0 Å². The van der Waals surface area contributed by atoms with E-state index in [0.29, 0.717) is 12.0 Å². The van der Waals surface area contributed by atoms with Crippen molar-refractivity contribution in [3.8, 4) is 12.3 Å². The van der Waals surface area contributed by atoms with E-state index in [4.69, 9.17) is 6.42 Å². The monoisotopic (exact) mass is 262 g/mol. The van der Waals surface area contributed by atoms with Gasteiger partial charge in [-0.05, 0) is 48.1 Å². The minimum absolute atomic E-state index is 0.606. The lowest BCUT2D eigenvalue weighted by molar-refractivity contribution is 0.289. The van der Waals surface area contributed by atoms with E-state index < -0.39 is 0 Å². The van der Waals surface area contributed by atoms with Gasteiger partial charge in [-0.3, -0.25) is 4.98 Å². The summed E-state index contributed by atoms with van der Waals surface area (Å²) in [7, 11) is 0. The average Bonchev–Trinajstić information content (AvgIpc) is 2.47. The fraction of sp³-hybridized carbons (Fsp3) is 0.278. The van der Waals surface area contributed by atoms with Gasteiger partial charge in [-0.15, -0.1) is 6.42 Å². The molecule has 0 radical (unpaired) electrons. The van der Waals surface area contributed by atoms with Gasteiger partial charge in [-0.25, -0.2) is 0 Å². The quantitative estimate of drug-likeness (QED) is 0.856. The van der Waals surface area contributed by atoms with Gasteiger partial charge in [0.1, 0.15) is 0 Å². The van der Waals surface area contributed by atoms with Gasteiger partial charge in [-0.1, -0.05) is 24.1 Å². The summed E-state index contributed by atoms with van der Waals surface area (Å²) in [6.45, 7) is 0.889. The first kappa shape index (κ1) is 12.9. The van der Waals surface area contributed by atoms with E-state index in [1.807, 2.05) is 30.6 Å². The van der Waals surface area contributed by atoms with Crippen LogP contribution in [0.1, 0.15) is 35.4 Å². The highest BCUT2D eigenvalue weighted by molar-refractivity contribution is 5.35. The summed E-state index contributed by atoms with van der Waals surface area (Å²) in [5.41, 5.74) is 3.57. The summed E-state index contributed by atoms with van der Waals surface area (Å²) in [6.07, 6.45) is 11.6. The summed E-state index contributed by atoms with van der Waals surface area (Å²) in [5, 5.41) is 3.60. The van der Waals surface area contributed by atoms with Crippen LogP contribution in [0.3, 0.4) is 0 Å². The molecular weight excluding hydrogens is 244 g/mol. The Kier molecular flexibility index (Phi) is 3.80. The van der Waals surface area contributed by atoms with E-state index >= 15 is 0 Å². The number of aromatic nitrogens is 1. The summed E-state index contributed by atoms with van der Waals surface area (Å²) >= 11 is 0. The van der Waals surface area contributed by atoms with E-state index in [2.05, 4.69) is 34.4 Å². The largest absolute Gasteiger partial charge is 0.310 e. The lowest BCUT2D eigenvalue weighted by Gasteiger charge is -2.36. The molecule has 1 saturated carbocycles. The normalized spacial score (nSPS) is 20.9. The van der Waals surface area contributed by atoms with Crippen molar-refractivity contribution in [1.82, 2.24) is 10.3 Å². The Bertz CT molecular complexity index is 607.